The largest absolute Gasteiger partial charge is 0.508 e. The van der Waals surface area contributed by atoms with Gasteiger partial charge in [-0.15, -0.1) is 0 Å². The molecule has 1 aromatic rings. The Morgan fingerprint density at radius 2 is 1.57 bits per heavy atom. The summed E-state index contributed by atoms with van der Waals surface area (Å²) >= 11 is 0. The molecule has 0 amide bonds. The Morgan fingerprint density at radius 1 is 1.00 bits per heavy atom. The van der Waals surface area contributed by atoms with Gasteiger partial charge in [0.05, 0.1) is 0 Å². The number of carbonyl (C=O) groups is 1. The third-order valence-corrected chi connectivity index (χ3v) is 2.94. The fourth-order valence-corrected chi connectivity index (χ4v) is 1.92. The van der Waals surface area contributed by atoms with Crippen LogP contribution in [0.15, 0.2) is 18.2 Å². The number of phenols is 2. The van der Waals surface area contributed by atoms with E-state index in [0.717, 1.165) is 18.2 Å². The van der Waals surface area contributed by atoms with Crippen molar-refractivity contribution in [3.63, 3.8) is 0 Å². The summed E-state index contributed by atoms with van der Waals surface area (Å²) in [5.41, 5.74) is 0. The normalized spacial score (nSPS) is 32.6. The molecule has 5 unspecified atom stereocenters. The van der Waals surface area contributed by atoms with Crippen molar-refractivity contribution < 1.29 is 44.9 Å². The van der Waals surface area contributed by atoms with E-state index in [1.807, 2.05) is 0 Å². The number of carboxylic acids is 1. The molecule has 2 rings (SSSR count). The molecule has 1 aliphatic rings. The molecule has 9 nitrogen and oxygen atoms in total. The first-order chi connectivity index (χ1) is 9.79. The number of ether oxygens (including phenoxy) is 2. The van der Waals surface area contributed by atoms with E-state index in [-0.39, 0.29) is 17.2 Å². The number of aliphatic hydroxyl groups excluding tert-OH is 3. The quantitative estimate of drug-likeness (QED) is 0.385. The highest BCUT2D eigenvalue weighted by atomic mass is 16.7. The minimum absolute atomic E-state index is 0.121. The van der Waals surface area contributed by atoms with E-state index in [9.17, 15) is 30.3 Å². The third-order valence-electron chi connectivity index (χ3n) is 2.94. The number of benzene rings is 1. The van der Waals surface area contributed by atoms with Gasteiger partial charge in [-0.2, -0.15) is 0 Å². The van der Waals surface area contributed by atoms with Crippen molar-refractivity contribution in [2.24, 2.45) is 0 Å². The van der Waals surface area contributed by atoms with Gasteiger partial charge in [-0.25, -0.2) is 4.79 Å². The highest BCUT2D eigenvalue weighted by Gasteiger charge is 2.48. The predicted octanol–water partition coefficient (Wildman–Crippen LogP) is -1.63. The summed E-state index contributed by atoms with van der Waals surface area (Å²) in [7, 11) is 0. The number of aromatic hydroxyl groups is 2. The molecule has 0 radical (unpaired) electrons. The van der Waals surface area contributed by atoms with Crippen LogP contribution >= 0.6 is 0 Å². The van der Waals surface area contributed by atoms with Gasteiger partial charge in [-0.3, -0.25) is 0 Å². The average Bonchev–Trinajstić information content (AvgIpc) is 2.38. The first kappa shape index (κ1) is 15.3. The Kier molecular flexibility index (Phi) is 4.19. The Bertz CT molecular complexity index is 511. The molecule has 0 aromatic heterocycles. The summed E-state index contributed by atoms with van der Waals surface area (Å²) in [6.07, 6.45) is -8.74. The number of aliphatic carboxylic acids is 1. The van der Waals surface area contributed by atoms with Crippen LogP contribution in [0.4, 0.5) is 0 Å². The van der Waals surface area contributed by atoms with Gasteiger partial charge in [0.2, 0.25) is 6.29 Å². The minimum atomic E-state index is -1.82. The molecule has 1 aliphatic heterocycles. The first-order valence-electron chi connectivity index (χ1n) is 5.91. The zero-order valence-electron chi connectivity index (χ0n) is 10.5. The lowest BCUT2D eigenvalue weighted by Gasteiger charge is -2.38. The molecular weight excluding hydrogens is 288 g/mol. The van der Waals surface area contributed by atoms with E-state index in [1.54, 1.807) is 0 Å². The smallest absolute Gasteiger partial charge is 0.335 e. The molecule has 6 N–H and O–H groups in total. The average molecular weight is 302 g/mol. The first-order valence-corrected chi connectivity index (χ1v) is 5.91. The van der Waals surface area contributed by atoms with Crippen LogP contribution < -0.4 is 4.74 Å². The lowest BCUT2D eigenvalue weighted by atomic mass is 9.99. The second-order valence-electron chi connectivity index (χ2n) is 4.54. The van der Waals surface area contributed by atoms with Gasteiger partial charge in [0.25, 0.3) is 0 Å². The summed E-state index contributed by atoms with van der Waals surface area (Å²) < 4.78 is 9.98. The Balaban J connectivity index is 2.19. The van der Waals surface area contributed by atoms with Gasteiger partial charge in [-0.05, 0) is 0 Å². The SMILES string of the molecule is O=C(O)C1OC(Oc2cc(O)cc(O)c2)C(O)C(O)C1O. The number of aliphatic hydroxyl groups is 3. The number of rotatable bonds is 3. The fourth-order valence-electron chi connectivity index (χ4n) is 1.92. The van der Waals surface area contributed by atoms with E-state index >= 15 is 0 Å². The highest BCUT2D eigenvalue weighted by molar-refractivity contribution is 5.73. The van der Waals surface area contributed by atoms with Crippen molar-refractivity contribution in [3.8, 4) is 17.2 Å². The lowest BCUT2D eigenvalue weighted by Crippen LogP contribution is -2.61. The van der Waals surface area contributed by atoms with Crippen LogP contribution in [-0.2, 0) is 9.53 Å². The van der Waals surface area contributed by atoms with Crippen molar-refractivity contribution in [1.29, 1.82) is 0 Å². The Labute approximate surface area is 118 Å². The summed E-state index contributed by atoms with van der Waals surface area (Å²) in [6, 6.07) is 3.20. The molecule has 1 fully saturated rings. The van der Waals surface area contributed by atoms with Crippen LogP contribution in [0.3, 0.4) is 0 Å². The predicted molar refractivity (Wildman–Crippen MR) is 64.7 cm³/mol. The maximum absolute atomic E-state index is 10.9. The number of carboxylic acid groups (broad SMARTS) is 1. The maximum Gasteiger partial charge on any atom is 0.335 e. The van der Waals surface area contributed by atoms with Gasteiger partial charge in [0.1, 0.15) is 35.6 Å². The van der Waals surface area contributed by atoms with E-state index in [4.69, 9.17) is 14.6 Å². The molecule has 1 saturated heterocycles. The van der Waals surface area contributed by atoms with Gasteiger partial charge < -0.3 is 40.1 Å². The van der Waals surface area contributed by atoms with Crippen LogP contribution in [0, 0.1) is 0 Å². The van der Waals surface area contributed by atoms with Crippen LogP contribution in [-0.4, -0.2) is 67.3 Å². The molecule has 0 aliphatic carbocycles. The molecule has 0 saturated carbocycles. The van der Waals surface area contributed by atoms with Gasteiger partial charge >= 0.3 is 5.97 Å². The van der Waals surface area contributed by atoms with Crippen molar-refractivity contribution in [1.82, 2.24) is 0 Å². The summed E-state index contributed by atoms with van der Waals surface area (Å²) in [4.78, 5) is 10.9. The molecule has 116 valence electrons. The third kappa shape index (κ3) is 3.16. The van der Waals surface area contributed by atoms with E-state index in [1.165, 1.54) is 0 Å². The van der Waals surface area contributed by atoms with Gasteiger partial charge in [0, 0.05) is 18.2 Å². The monoisotopic (exact) mass is 302 g/mol. The molecule has 21 heavy (non-hydrogen) atoms. The van der Waals surface area contributed by atoms with E-state index in [2.05, 4.69) is 0 Å². The zero-order valence-corrected chi connectivity index (χ0v) is 10.5. The van der Waals surface area contributed by atoms with Crippen LogP contribution in [0.25, 0.3) is 0 Å². The van der Waals surface area contributed by atoms with Gasteiger partial charge in [-0.1, -0.05) is 0 Å². The highest BCUT2D eigenvalue weighted by Crippen LogP contribution is 2.29. The summed E-state index contributed by atoms with van der Waals surface area (Å²) in [6.45, 7) is 0. The van der Waals surface area contributed by atoms with Gasteiger partial charge in [0.15, 0.2) is 6.10 Å². The molecule has 0 bridgehead atoms. The van der Waals surface area contributed by atoms with Crippen LogP contribution in [0.1, 0.15) is 0 Å². The van der Waals surface area contributed by atoms with Crippen LogP contribution in [0.5, 0.6) is 17.2 Å². The molecular formula is C12H14O9. The fraction of sp³-hybridized carbons (Fsp3) is 0.417. The maximum atomic E-state index is 10.9. The number of hydrogen-bond donors (Lipinski definition) is 6. The van der Waals surface area contributed by atoms with Crippen molar-refractivity contribution >= 4 is 5.97 Å². The van der Waals surface area contributed by atoms with E-state index < -0.39 is 36.7 Å². The molecule has 1 aromatic carbocycles. The lowest BCUT2D eigenvalue weighted by molar-refractivity contribution is -0.271. The standard InChI is InChI=1S/C12H14O9/c13-4-1-5(14)3-6(2-4)20-12-9(17)7(15)8(16)10(21-12)11(18)19/h1-3,7-10,12-17H,(H,18,19). The van der Waals surface area contributed by atoms with E-state index in [0.29, 0.717) is 0 Å². The van der Waals surface area contributed by atoms with Crippen molar-refractivity contribution in [2.45, 2.75) is 30.7 Å². The number of hydrogen-bond acceptors (Lipinski definition) is 8. The van der Waals surface area contributed by atoms with Crippen molar-refractivity contribution in [2.75, 3.05) is 0 Å². The van der Waals surface area contributed by atoms with Crippen LogP contribution in [0.2, 0.25) is 0 Å². The summed E-state index contributed by atoms with van der Waals surface area (Å²) in [5.74, 6) is -2.32. The number of phenolic OH excluding ortho intramolecular Hbond substituents is 2. The topological polar surface area (TPSA) is 157 Å². The minimum Gasteiger partial charge on any atom is -0.508 e. The zero-order chi connectivity index (χ0) is 15.7. The molecule has 0 spiro atoms. The molecule has 9 heteroatoms. The Morgan fingerprint density at radius 3 is 2.10 bits per heavy atom. The second-order valence-corrected chi connectivity index (χ2v) is 4.54. The molecule has 5 atom stereocenters. The Hall–Kier alpha value is -2.07. The molecule has 1 heterocycles. The summed E-state index contributed by atoms with van der Waals surface area (Å²) in [5, 5.41) is 56.3. The van der Waals surface area contributed by atoms with Crippen molar-refractivity contribution in [3.05, 3.63) is 18.2 Å². The second kappa shape index (κ2) is 5.74.